The molecule has 1 saturated heterocycles. The predicted molar refractivity (Wildman–Crippen MR) is 79.9 cm³/mol. The van der Waals surface area contributed by atoms with Crippen molar-refractivity contribution in [2.24, 2.45) is 0 Å². The maximum Gasteiger partial charge on any atom is 0.258 e. The average molecular weight is 334 g/mol. The molecule has 2 rings (SSSR count). The molecule has 2 unspecified atom stereocenters. The van der Waals surface area contributed by atoms with Crippen LogP contribution in [0, 0.1) is 0 Å². The van der Waals surface area contributed by atoms with Gasteiger partial charge in [-0.2, -0.15) is 0 Å². The zero-order valence-electron chi connectivity index (χ0n) is 11.6. The first-order valence-electron chi connectivity index (χ1n) is 6.59. The van der Waals surface area contributed by atoms with Gasteiger partial charge in [-0.1, -0.05) is 23.2 Å². The summed E-state index contributed by atoms with van der Waals surface area (Å²) in [5.74, 6) is -0.00540. The Morgan fingerprint density at radius 2 is 2.33 bits per heavy atom. The number of rotatable bonds is 5. The number of amides is 1. The second-order valence-corrected chi connectivity index (χ2v) is 5.85. The van der Waals surface area contributed by atoms with Gasteiger partial charge in [0, 0.05) is 30.7 Å². The molecule has 1 aliphatic rings. The quantitative estimate of drug-likeness (QED) is 0.865. The van der Waals surface area contributed by atoms with E-state index in [1.807, 2.05) is 0 Å². The van der Waals surface area contributed by atoms with Gasteiger partial charge in [-0.05, 0) is 19.1 Å². The van der Waals surface area contributed by atoms with Crippen molar-refractivity contribution >= 4 is 29.1 Å². The number of benzene rings is 1. The summed E-state index contributed by atoms with van der Waals surface area (Å²) in [6, 6.07) is 4.77. The zero-order chi connectivity index (χ0) is 15.5. The fourth-order valence-electron chi connectivity index (χ4n) is 2.04. The van der Waals surface area contributed by atoms with E-state index in [0.29, 0.717) is 28.8 Å². The molecule has 1 heterocycles. The van der Waals surface area contributed by atoms with Crippen molar-refractivity contribution in [2.45, 2.75) is 25.0 Å². The lowest BCUT2D eigenvalue weighted by Crippen LogP contribution is -2.48. The standard InChI is InChI=1S/C14H17Cl2NO4/c1-9-14(19,4-5-20-9)8-17-13(18)7-21-12-6-10(15)2-3-11(12)16/h2-3,6,9,19H,4-5,7-8H2,1H3,(H,17,18). The molecule has 2 N–H and O–H groups in total. The summed E-state index contributed by atoms with van der Waals surface area (Å²) < 4.78 is 10.6. The molecule has 21 heavy (non-hydrogen) atoms. The fourth-order valence-corrected chi connectivity index (χ4v) is 2.37. The molecule has 0 saturated carbocycles. The molecule has 0 radical (unpaired) electrons. The van der Waals surface area contributed by atoms with Crippen LogP contribution in [0.5, 0.6) is 5.75 Å². The predicted octanol–water partition coefficient (Wildman–Crippen LogP) is 2.03. The lowest BCUT2D eigenvalue weighted by molar-refractivity contribution is -0.124. The van der Waals surface area contributed by atoms with Crippen LogP contribution < -0.4 is 10.1 Å². The van der Waals surface area contributed by atoms with E-state index >= 15 is 0 Å². The molecule has 0 bridgehead atoms. The highest BCUT2D eigenvalue weighted by Crippen LogP contribution is 2.27. The minimum Gasteiger partial charge on any atom is -0.482 e. The van der Waals surface area contributed by atoms with Gasteiger partial charge in [0.1, 0.15) is 11.4 Å². The number of hydrogen-bond acceptors (Lipinski definition) is 4. The van der Waals surface area contributed by atoms with Gasteiger partial charge < -0.3 is 19.9 Å². The number of ether oxygens (including phenoxy) is 2. The molecular weight excluding hydrogens is 317 g/mol. The minimum atomic E-state index is -1.02. The second kappa shape index (κ2) is 6.83. The van der Waals surface area contributed by atoms with Crippen molar-refractivity contribution in [1.29, 1.82) is 0 Å². The van der Waals surface area contributed by atoms with Gasteiger partial charge in [0.25, 0.3) is 5.91 Å². The van der Waals surface area contributed by atoms with Crippen molar-refractivity contribution in [3.05, 3.63) is 28.2 Å². The molecule has 5 nitrogen and oxygen atoms in total. The molecule has 1 fully saturated rings. The van der Waals surface area contributed by atoms with Crippen molar-refractivity contribution in [2.75, 3.05) is 19.8 Å². The van der Waals surface area contributed by atoms with Crippen LogP contribution in [0.25, 0.3) is 0 Å². The molecule has 2 atom stereocenters. The topological polar surface area (TPSA) is 67.8 Å². The van der Waals surface area contributed by atoms with Crippen LogP contribution in [0.4, 0.5) is 0 Å². The van der Waals surface area contributed by atoms with Gasteiger partial charge in [0.05, 0.1) is 11.1 Å². The summed E-state index contributed by atoms with van der Waals surface area (Å²) >= 11 is 11.8. The van der Waals surface area contributed by atoms with Gasteiger partial charge >= 0.3 is 0 Å². The normalized spacial score (nSPS) is 24.9. The van der Waals surface area contributed by atoms with Crippen LogP contribution in [0.1, 0.15) is 13.3 Å². The van der Waals surface area contributed by atoms with E-state index in [4.69, 9.17) is 32.7 Å². The zero-order valence-corrected chi connectivity index (χ0v) is 13.1. The highest BCUT2D eigenvalue weighted by Gasteiger charge is 2.39. The van der Waals surface area contributed by atoms with E-state index in [9.17, 15) is 9.90 Å². The number of aliphatic hydroxyl groups is 1. The molecule has 0 aromatic heterocycles. The SMILES string of the molecule is CC1OCCC1(O)CNC(=O)COc1cc(Cl)ccc1Cl. The summed E-state index contributed by atoms with van der Waals surface area (Å²) in [6.07, 6.45) is 0.191. The first-order chi connectivity index (χ1) is 9.90. The Labute approximate surface area is 133 Å². The van der Waals surface area contributed by atoms with E-state index in [1.165, 1.54) is 6.07 Å². The fraction of sp³-hybridized carbons (Fsp3) is 0.500. The number of halogens is 2. The van der Waals surface area contributed by atoms with Gasteiger partial charge in [-0.3, -0.25) is 4.79 Å². The van der Waals surface area contributed by atoms with E-state index in [0.717, 1.165) is 0 Å². The molecule has 116 valence electrons. The summed E-state index contributed by atoms with van der Waals surface area (Å²) in [7, 11) is 0. The van der Waals surface area contributed by atoms with Crippen LogP contribution in [0.2, 0.25) is 10.0 Å². The summed E-state index contributed by atoms with van der Waals surface area (Å²) in [6.45, 7) is 2.19. The molecule has 1 aromatic carbocycles. The lowest BCUT2D eigenvalue weighted by Gasteiger charge is -2.26. The smallest absolute Gasteiger partial charge is 0.258 e. The largest absolute Gasteiger partial charge is 0.482 e. The molecule has 1 aliphatic heterocycles. The van der Waals surface area contributed by atoms with E-state index in [-0.39, 0.29) is 25.2 Å². The Hall–Kier alpha value is -1.01. The maximum atomic E-state index is 11.8. The Kier molecular flexibility index (Phi) is 5.32. The van der Waals surface area contributed by atoms with E-state index in [2.05, 4.69) is 5.32 Å². The first-order valence-corrected chi connectivity index (χ1v) is 7.35. The summed E-state index contributed by atoms with van der Waals surface area (Å²) in [4.78, 5) is 11.8. The van der Waals surface area contributed by atoms with Crippen molar-refractivity contribution in [3.63, 3.8) is 0 Å². The Bertz CT molecular complexity index is 526. The third kappa shape index (κ3) is 4.23. The molecule has 1 amide bonds. The Morgan fingerprint density at radius 3 is 3.00 bits per heavy atom. The maximum absolute atomic E-state index is 11.8. The van der Waals surface area contributed by atoms with Gasteiger partial charge in [-0.15, -0.1) is 0 Å². The van der Waals surface area contributed by atoms with Crippen LogP contribution >= 0.6 is 23.2 Å². The van der Waals surface area contributed by atoms with Crippen molar-refractivity contribution in [3.8, 4) is 5.75 Å². The number of carbonyl (C=O) groups excluding carboxylic acids is 1. The van der Waals surface area contributed by atoms with Gasteiger partial charge in [-0.25, -0.2) is 0 Å². The van der Waals surface area contributed by atoms with Crippen molar-refractivity contribution in [1.82, 2.24) is 5.32 Å². The third-order valence-corrected chi connectivity index (χ3v) is 4.05. The highest BCUT2D eigenvalue weighted by molar-refractivity contribution is 6.34. The third-order valence-electron chi connectivity index (χ3n) is 3.50. The summed E-state index contributed by atoms with van der Waals surface area (Å²) in [5.41, 5.74) is -1.02. The molecule has 0 spiro atoms. The van der Waals surface area contributed by atoms with Gasteiger partial charge in [0.15, 0.2) is 6.61 Å². The Morgan fingerprint density at radius 1 is 1.57 bits per heavy atom. The molecule has 7 heteroatoms. The highest BCUT2D eigenvalue weighted by atomic mass is 35.5. The minimum absolute atomic E-state index is 0.125. The number of carbonyl (C=O) groups is 1. The molecular formula is C14H17Cl2NO4. The number of nitrogens with one attached hydrogen (secondary N) is 1. The average Bonchev–Trinajstić information content (AvgIpc) is 2.78. The lowest BCUT2D eigenvalue weighted by atomic mass is 9.97. The van der Waals surface area contributed by atoms with Crippen LogP contribution in [-0.2, 0) is 9.53 Å². The number of hydrogen-bond donors (Lipinski definition) is 2. The van der Waals surface area contributed by atoms with Crippen LogP contribution in [0.3, 0.4) is 0 Å². The van der Waals surface area contributed by atoms with Crippen molar-refractivity contribution < 1.29 is 19.4 Å². The summed E-state index contributed by atoms with van der Waals surface area (Å²) in [5, 5.41) is 13.7. The van der Waals surface area contributed by atoms with E-state index in [1.54, 1.807) is 19.1 Å². The van der Waals surface area contributed by atoms with Gasteiger partial charge in [0.2, 0.25) is 0 Å². The Balaban J connectivity index is 1.81. The molecule has 0 aliphatic carbocycles. The molecule has 1 aromatic rings. The first kappa shape index (κ1) is 16.4. The monoisotopic (exact) mass is 333 g/mol. The van der Waals surface area contributed by atoms with E-state index < -0.39 is 5.60 Å². The van der Waals surface area contributed by atoms with Crippen LogP contribution in [0.15, 0.2) is 18.2 Å². The second-order valence-electron chi connectivity index (χ2n) is 5.01. The van der Waals surface area contributed by atoms with Crippen LogP contribution in [-0.4, -0.2) is 42.5 Å².